The third-order valence-corrected chi connectivity index (χ3v) is 4.35. The van der Waals surface area contributed by atoms with Crippen molar-refractivity contribution >= 4 is 5.91 Å². The second-order valence-corrected chi connectivity index (χ2v) is 6.41. The van der Waals surface area contributed by atoms with Gasteiger partial charge in [0.15, 0.2) is 0 Å². The Morgan fingerprint density at radius 1 is 1.55 bits per heavy atom. The molecule has 1 N–H and O–H groups in total. The molecule has 2 heterocycles. The van der Waals surface area contributed by atoms with Crippen LogP contribution in [-0.2, 0) is 21.3 Å². The maximum Gasteiger partial charge on any atom is 0.249 e. The van der Waals surface area contributed by atoms with Crippen LogP contribution < -0.4 is 5.32 Å². The fourth-order valence-electron chi connectivity index (χ4n) is 2.79. The van der Waals surface area contributed by atoms with Crippen molar-refractivity contribution < 1.29 is 14.3 Å². The quantitative estimate of drug-likeness (QED) is 0.866. The molecule has 0 bridgehead atoms. The predicted octanol–water partition coefficient (Wildman–Crippen LogP) is 1.57. The second-order valence-electron chi connectivity index (χ2n) is 6.41. The smallest absolute Gasteiger partial charge is 0.249 e. The van der Waals surface area contributed by atoms with Crippen LogP contribution in [-0.4, -0.2) is 41.0 Å². The first-order valence-electron chi connectivity index (χ1n) is 8.15. The van der Waals surface area contributed by atoms with Crippen molar-refractivity contribution in [2.24, 2.45) is 13.0 Å². The number of aromatic nitrogens is 2. The standard InChI is InChI=1S/C16H25N3O3/c1-11(22-10-12-5-6-12)16(20)18-14-4-3-7-21-15(14)13-8-17-19(2)9-13/h8-9,11-12,14-15H,3-7,10H2,1-2H3,(H,18,20)/t11-,14+,15-/m1/s1. The summed E-state index contributed by atoms with van der Waals surface area (Å²) in [5, 5.41) is 7.29. The monoisotopic (exact) mass is 307 g/mol. The average Bonchev–Trinajstić information content (AvgIpc) is 3.25. The molecule has 3 rings (SSSR count). The first-order valence-corrected chi connectivity index (χ1v) is 8.15. The van der Waals surface area contributed by atoms with Crippen LogP contribution in [0.2, 0.25) is 0 Å². The van der Waals surface area contributed by atoms with Crippen molar-refractivity contribution in [3.63, 3.8) is 0 Å². The molecule has 2 fully saturated rings. The van der Waals surface area contributed by atoms with Gasteiger partial charge in [0.1, 0.15) is 12.2 Å². The lowest BCUT2D eigenvalue weighted by Crippen LogP contribution is -2.46. The minimum absolute atomic E-state index is 0.0163. The normalized spacial score (nSPS) is 26.6. The van der Waals surface area contributed by atoms with Crippen LogP contribution in [0.5, 0.6) is 0 Å². The molecule has 6 nitrogen and oxygen atoms in total. The minimum Gasteiger partial charge on any atom is -0.371 e. The molecule has 3 atom stereocenters. The van der Waals surface area contributed by atoms with Crippen LogP contribution in [0.15, 0.2) is 12.4 Å². The number of carbonyl (C=O) groups excluding carboxylic acids is 1. The molecule has 22 heavy (non-hydrogen) atoms. The van der Waals surface area contributed by atoms with E-state index in [1.165, 1.54) is 12.8 Å². The number of rotatable bonds is 6. The van der Waals surface area contributed by atoms with Crippen LogP contribution in [0, 0.1) is 5.92 Å². The summed E-state index contributed by atoms with van der Waals surface area (Å²) in [5.74, 6) is 0.612. The van der Waals surface area contributed by atoms with Gasteiger partial charge >= 0.3 is 0 Å². The molecule has 0 spiro atoms. The lowest BCUT2D eigenvalue weighted by Gasteiger charge is -2.32. The summed E-state index contributed by atoms with van der Waals surface area (Å²) in [6.45, 7) is 3.24. The van der Waals surface area contributed by atoms with E-state index in [1.54, 1.807) is 4.68 Å². The van der Waals surface area contributed by atoms with Crippen molar-refractivity contribution in [3.05, 3.63) is 18.0 Å². The number of carbonyl (C=O) groups is 1. The van der Waals surface area contributed by atoms with Gasteiger partial charge in [0, 0.05) is 25.4 Å². The molecular formula is C16H25N3O3. The van der Waals surface area contributed by atoms with Crippen LogP contribution in [0.25, 0.3) is 0 Å². The maximum absolute atomic E-state index is 12.3. The van der Waals surface area contributed by atoms with Gasteiger partial charge < -0.3 is 14.8 Å². The van der Waals surface area contributed by atoms with Gasteiger partial charge in [0.2, 0.25) is 5.91 Å². The van der Waals surface area contributed by atoms with Gasteiger partial charge in [-0.05, 0) is 38.5 Å². The Morgan fingerprint density at radius 3 is 3.05 bits per heavy atom. The summed E-state index contributed by atoms with van der Waals surface area (Å²) in [6, 6.07) is -0.0163. The van der Waals surface area contributed by atoms with E-state index >= 15 is 0 Å². The molecule has 0 aromatic carbocycles. The SMILES string of the molecule is C[C@@H](OCC1CC1)C(=O)N[C@H]1CCCO[C@@H]1c1cnn(C)c1. The number of amides is 1. The summed E-state index contributed by atoms with van der Waals surface area (Å²) in [6.07, 6.45) is 7.56. The van der Waals surface area contributed by atoms with Gasteiger partial charge in [-0.25, -0.2) is 0 Å². The summed E-state index contributed by atoms with van der Waals surface area (Å²) in [7, 11) is 1.88. The highest BCUT2D eigenvalue weighted by molar-refractivity contribution is 5.80. The van der Waals surface area contributed by atoms with Crippen molar-refractivity contribution in [2.45, 2.75) is 50.9 Å². The van der Waals surface area contributed by atoms with E-state index in [0.717, 1.165) is 25.0 Å². The van der Waals surface area contributed by atoms with Crippen LogP contribution in [0.1, 0.15) is 44.3 Å². The van der Waals surface area contributed by atoms with Crippen molar-refractivity contribution in [1.82, 2.24) is 15.1 Å². The van der Waals surface area contributed by atoms with E-state index < -0.39 is 6.10 Å². The summed E-state index contributed by atoms with van der Waals surface area (Å²) >= 11 is 0. The topological polar surface area (TPSA) is 65.4 Å². The van der Waals surface area contributed by atoms with Crippen molar-refractivity contribution in [2.75, 3.05) is 13.2 Å². The molecule has 1 aliphatic heterocycles. The van der Waals surface area contributed by atoms with E-state index in [1.807, 2.05) is 26.4 Å². The molecule has 2 aliphatic rings. The summed E-state index contributed by atoms with van der Waals surface area (Å²) in [4.78, 5) is 12.3. The zero-order valence-corrected chi connectivity index (χ0v) is 13.3. The highest BCUT2D eigenvalue weighted by Gasteiger charge is 2.31. The molecular weight excluding hydrogens is 282 g/mol. The molecule has 1 amide bonds. The van der Waals surface area contributed by atoms with Gasteiger partial charge in [0.25, 0.3) is 0 Å². The number of ether oxygens (including phenoxy) is 2. The second kappa shape index (κ2) is 6.79. The number of hydrogen-bond acceptors (Lipinski definition) is 4. The molecule has 0 radical (unpaired) electrons. The number of hydrogen-bond donors (Lipinski definition) is 1. The Balaban J connectivity index is 1.57. The Labute approximate surface area is 131 Å². The Bertz CT molecular complexity index is 512. The van der Waals surface area contributed by atoms with Crippen molar-refractivity contribution in [3.8, 4) is 0 Å². The molecule has 6 heteroatoms. The van der Waals surface area contributed by atoms with Gasteiger partial charge in [-0.2, -0.15) is 5.10 Å². The van der Waals surface area contributed by atoms with E-state index in [-0.39, 0.29) is 18.1 Å². The fraction of sp³-hybridized carbons (Fsp3) is 0.750. The third kappa shape index (κ3) is 3.87. The zero-order valence-electron chi connectivity index (χ0n) is 13.3. The predicted molar refractivity (Wildman–Crippen MR) is 81.2 cm³/mol. The highest BCUT2D eigenvalue weighted by Crippen LogP contribution is 2.30. The van der Waals surface area contributed by atoms with Gasteiger partial charge in [-0.15, -0.1) is 0 Å². The number of nitrogens with zero attached hydrogens (tertiary/aromatic N) is 2. The minimum atomic E-state index is -0.405. The van der Waals surface area contributed by atoms with Crippen LogP contribution in [0.4, 0.5) is 0 Å². The third-order valence-electron chi connectivity index (χ3n) is 4.35. The maximum atomic E-state index is 12.3. The van der Waals surface area contributed by atoms with Gasteiger partial charge in [-0.3, -0.25) is 9.48 Å². The molecule has 1 saturated heterocycles. The molecule has 1 aromatic heterocycles. The molecule has 1 aromatic rings. The molecule has 0 unspecified atom stereocenters. The van der Waals surface area contributed by atoms with Gasteiger partial charge in [-0.1, -0.05) is 0 Å². The Morgan fingerprint density at radius 2 is 2.36 bits per heavy atom. The first-order chi connectivity index (χ1) is 10.6. The van der Waals surface area contributed by atoms with Crippen molar-refractivity contribution in [1.29, 1.82) is 0 Å². The average molecular weight is 307 g/mol. The summed E-state index contributed by atoms with van der Waals surface area (Å²) in [5.41, 5.74) is 1.01. The first kappa shape index (κ1) is 15.5. The zero-order chi connectivity index (χ0) is 15.5. The highest BCUT2D eigenvalue weighted by atomic mass is 16.5. The largest absolute Gasteiger partial charge is 0.371 e. The van der Waals surface area contributed by atoms with Crippen LogP contribution in [0.3, 0.4) is 0 Å². The van der Waals surface area contributed by atoms with E-state index in [4.69, 9.17) is 9.47 Å². The summed E-state index contributed by atoms with van der Waals surface area (Å²) < 4.78 is 13.3. The molecule has 1 saturated carbocycles. The van der Waals surface area contributed by atoms with E-state index in [9.17, 15) is 4.79 Å². The van der Waals surface area contributed by atoms with Gasteiger partial charge in [0.05, 0.1) is 18.8 Å². The molecule has 1 aliphatic carbocycles. The number of aryl methyl sites for hydroxylation is 1. The Kier molecular flexibility index (Phi) is 4.78. The van der Waals surface area contributed by atoms with E-state index in [2.05, 4.69) is 10.4 Å². The fourth-order valence-corrected chi connectivity index (χ4v) is 2.79. The lowest BCUT2D eigenvalue weighted by atomic mass is 9.98. The Hall–Kier alpha value is -1.40. The van der Waals surface area contributed by atoms with E-state index in [0.29, 0.717) is 12.5 Å². The number of nitrogens with one attached hydrogen (secondary N) is 1. The lowest BCUT2D eigenvalue weighted by molar-refractivity contribution is -0.135. The van der Waals surface area contributed by atoms with Crippen LogP contribution >= 0.6 is 0 Å². The molecule has 122 valence electrons.